The minimum atomic E-state index is -4.39. The molecule has 9 nitrogen and oxygen atoms in total. The van der Waals surface area contributed by atoms with Crippen molar-refractivity contribution >= 4 is 19.8 Å². The van der Waals surface area contributed by atoms with Gasteiger partial charge in [-0.05, 0) is 44.9 Å². The Morgan fingerprint density at radius 1 is 0.554 bits per heavy atom. The van der Waals surface area contributed by atoms with E-state index in [-0.39, 0.29) is 32.0 Å². The number of carbonyl (C=O) groups is 2. The van der Waals surface area contributed by atoms with Crippen molar-refractivity contribution in [3.8, 4) is 0 Å². The zero-order chi connectivity index (χ0) is 41.4. The quantitative estimate of drug-likeness (QED) is 0.0215. The van der Waals surface area contributed by atoms with Gasteiger partial charge < -0.3 is 18.9 Å². The number of quaternary nitrogens is 1. The minimum absolute atomic E-state index is 0.0171. The molecule has 0 aliphatic carbocycles. The third-order valence-electron chi connectivity index (χ3n) is 9.05. The molecular weight excluding hydrogens is 725 g/mol. The summed E-state index contributed by atoms with van der Waals surface area (Å²) in [5.41, 5.74) is 0. The first-order chi connectivity index (χ1) is 27.0. The van der Waals surface area contributed by atoms with Gasteiger partial charge in [0.25, 0.3) is 0 Å². The number of likely N-dealkylation sites (N-methyl/N-ethyl adjacent to an activating group) is 1. The maximum absolute atomic E-state index is 12.6. The summed E-state index contributed by atoms with van der Waals surface area (Å²) in [5.74, 6) is -0.895. The number of carbonyl (C=O) groups excluding carboxylic acids is 2. The molecule has 0 saturated heterocycles. The number of unbranched alkanes of at least 4 members (excludes halogenated alkanes) is 15. The number of phosphoric acid groups is 1. The smallest absolute Gasteiger partial charge is 0.462 e. The SMILES string of the molecule is CCC/C=C\C/C=C\C/C=C\C/C=C\C/C=C\CCC(=O)OC(COC(=O)CCCCCCCCCCCCCCCCC)COP(=O)(O)OCC[N+](C)(C)C. The van der Waals surface area contributed by atoms with Crippen molar-refractivity contribution in [3.63, 3.8) is 0 Å². The summed E-state index contributed by atoms with van der Waals surface area (Å²) in [7, 11) is 1.43. The van der Waals surface area contributed by atoms with Crippen LogP contribution in [0.15, 0.2) is 60.8 Å². The largest absolute Gasteiger partial charge is 0.472 e. The molecule has 1 N–H and O–H groups in total. The average molecular weight is 809 g/mol. The van der Waals surface area contributed by atoms with E-state index in [0.29, 0.717) is 17.4 Å². The van der Waals surface area contributed by atoms with Crippen molar-refractivity contribution in [1.82, 2.24) is 0 Å². The molecule has 0 aliphatic heterocycles. The van der Waals surface area contributed by atoms with Crippen LogP contribution in [0.4, 0.5) is 0 Å². The molecule has 0 fully saturated rings. The van der Waals surface area contributed by atoms with Gasteiger partial charge in [-0.3, -0.25) is 18.6 Å². The van der Waals surface area contributed by atoms with Gasteiger partial charge in [0.15, 0.2) is 6.10 Å². The van der Waals surface area contributed by atoms with Gasteiger partial charge in [0.05, 0.1) is 27.7 Å². The van der Waals surface area contributed by atoms with Crippen LogP contribution in [0.3, 0.4) is 0 Å². The molecule has 324 valence electrons. The van der Waals surface area contributed by atoms with E-state index in [1.807, 2.05) is 33.3 Å². The number of allylic oxidation sites excluding steroid dienone is 10. The van der Waals surface area contributed by atoms with Gasteiger partial charge in [0.2, 0.25) is 0 Å². The van der Waals surface area contributed by atoms with Crippen molar-refractivity contribution in [1.29, 1.82) is 0 Å². The fraction of sp³-hybridized carbons (Fsp3) is 0.739. The summed E-state index contributed by atoms with van der Waals surface area (Å²) >= 11 is 0. The Balaban J connectivity index is 4.48. The lowest BCUT2D eigenvalue weighted by Crippen LogP contribution is -2.37. The number of nitrogens with zero attached hydrogens (tertiary/aromatic N) is 1. The topological polar surface area (TPSA) is 108 Å². The monoisotopic (exact) mass is 809 g/mol. The van der Waals surface area contributed by atoms with Gasteiger partial charge in [-0.1, -0.05) is 171 Å². The van der Waals surface area contributed by atoms with Crippen LogP contribution in [0.5, 0.6) is 0 Å². The number of rotatable bonds is 39. The van der Waals surface area contributed by atoms with E-state index < -0.39 is 26.5 Å². The van der Waals surface area contributed by atoms with E-state index in [4.69, 9.17) is 18.5 Å². The van der Waals surface area contributed by atoms with Crippen LogP contribution in [0.2, 0.25) is 0 Å². The molecule has 10 heteroatoms. The number of phosphoric ester groups is 1. The second kappa shape index (κ2) is 38.2. The van der Waals surface area contributed by atoms with Crippen molar-refractivity contribution in [3.05, 3.63) is 60.8 Å². The van der Waals surface area contributed by atoms with Crippen LogP contribution in [0, 0.1) is 0 Å². The van der Waals surface area contributed by atoms with Gasteiger partial charge in [0, 0.05) is 12.8 Å². The van der Waals surface area contributed by atoms with Gasteiger partial charge in [-0.15, -0.1) is 0 Å². The molecule has 0 aliphatic rings. The Labute approximate surface area is 343 Å². The fourth-order valence-corrected chi connectivity index (χ4v) is 6.33. The molecule has 0 heterocycles. The molecule has 0 rings (SSSR count). The van der Waals surface area contributed by atoms with Crippen molar-refractivity contribution in [2.75, 3.05) is 47.5 Å². The Bertz CT molecular complexity index is 1140. The fourth-order valence-electron chi connectivity index (χ4n) is 5.59. The highest BCUT2D eigenvalue weighted by atomic mass is 31.2. The second-order valence-corrected chi connectivity index (χ2v) is 17.2. The molecule has 0 radical (unpaired) electrons. The van der Waals surface area contributed by atoms with Crippen LogP contribution >= 0.6 is 7.82 Å². The lowest BCUT2D eigenvalue weighted by Gasteiger charge is -2.24. The van der Waals surface area contributed by atoms with Gasteiger partial charge >= 0.3 is 19.8 Å². The Morgan fingerprint density at radius 3 is 1.46 bits per heavy atom. The van der Waals surface area contributed by atoms with E-state index in [1.165, 1.54) is 83.5 Å². The van der Waals surface area contributed by atoms with E-state index in [1.54, 1.807) is 0 Å². The van der Waals surface area contributed by atoms with Crippen LogP contribution in [0.25, 0.3) is 0 Å². The molecule has 2 unspecified atom stereocenters. The van der Waals surface area contributed by atoms with Crippen LogP contribution < -0.4 is 0 Å². The van der Waals surface area contributed by atoms with E-state index in [9.17, 15) is 19.0 Å². The zero-order valence-electron chi connectivity index (χ0n) is 36.3. The van der Waals surface area contributed by atoms with Crippen molar-refractivity contribution < 1.29 is 42.1 Å². The van der Waals surface area contributed by atoms with Gasteiger partial charge in [0.1, 0.15) is 19.8 Å². The van der Waals surface area contributed by atoms with E-state index in [0.717, 1.165) is 51.4 Å². The number of hydrogen-bond donors (Lipinski definition) is 1. The Morgan fingerprint density at radius 2 is 1.00 bits per heavy atom. The second-order valence-electron chi connectivity index (χ2n) is 15.7. The first-order valence-electron chi connectivity index (χ1n) is 22.0. The molecule has 0 saturated carbocycles. The molecule has 0 aromatic rings. The molecular formula is C46H83NO8P+. The third-order valence-corrected chi connectivity index (χ3v) is 10.0. The van der Waals surface area contributed by atoms with E-state index in [2.05, 4.69) is 62.5 Å². The normalized spacial score (nSPS) is 14.2. The maximum Gasteiger partial charge on any atom is 0.472 e. The number of ether oxygens (including phenoxy) is 2. The van der Waals surface area contributed by atoms with Crippen LogP contribution in [0.1, 0.15) is 168 Å². The van der Waals surface area contributed by atoms with E-state index >= 15 is 0 Å². The molecule has 0 aromatic carbocycles. The lowest BCUT2D eigenvalue weighted by molar-refractivity contribution is -0.870. The standard InChI is InChI=1S/C46H82NO8P/c1-6-8-10-12-14-16-18-20-22-23-25-27-29-31-33-35-37-39-46(49)55-44(43-54-56(50,51)53-41-40-47(3,4)5)42-52-45(48)38-36-34-32-30-28-26-24-21-19-17-15-13-11-9-7-2/h10,12,16,18,22-23,27,29,33,35,44H,6-9,11,13-15,17,19-21,24-26,28,30-32,34,36-43H2,1-5H3/p+1/b12-10-,18-16-,23-22-,29-27-,35-33-. The van der Waals surface area contributed by atoms with Crippen molar-refractivity contribution in [2.24, 2.45) is 0 Å². The summed E-state index contributed by atoms with van der Waals surface area (Å²) in [6.45, 7) is 4.26. The Kier molecular flexibility index (Phi) is 36.7. The maximum atomic E-state index is 12.6. The van der Waals surface area contributed by atoms with Gasteiger partial charge in [-0.25, -0.2) is 4.57 Å². The predicted molar refractivity (Wildman–Crippen MR) is 233 cm³/mol. The highest BCUT2D eigenvalue weighted by molar-refractivity contribution is 7.47. The first kappa shape index (κ1) is 53.7. The predicted octanol–water partition coefficient (Wildman–Crippen LogP) is 12.5. The third kappa shape index (κ3) is 41.3. The molecule has 0 bridgehead atoms. The van der Waals surface area contributed by atoms with Crippen molar-refractivity contribution in [2.45, 2.75) is 174 Å². The number of hydrogen-bond acceptors (Lipinski definition) is 7. The lowest BCUT2D eigenvalue weighted by atomic mass is 10.0. The molecule has 2 atom stereocenters. The molecule has 56 heavy (non-hydrogen) atoms. The van der Waals surface area contributed by atoms with Crippen LogP contribution in [-0.2, 0) is 32.7 Å². The summed E-state index contributed by atoms with van der Waals surface area (Å²) in [6.07, 6.45) is 45.7. The Hall–Kier alpha value is -2.29. The van der Waals surface area contributed by atoms with Crippen LogP contribution in [-0.4, -0.2) is 74.9 Å². The minimum Gasteiger partial charge on any atom is -0.462 e. The zero-order valence-corrected chi connectivity index (χ0v) is 37.2. The number of esters is 2. The summed E-state index contributed by atoms with van der Waals surface area (Å²) in [5, 5.41) is 0. The highest BCUT2D eigenvalue weighted by Gasteiger charge is 2.27. The molecule has 0 amide bonds. The molecule has 0 aromatic heterocycles. The van der Waals surface area contributed by atoms with Gasteiger partial charge in [-0.2, -0.15) is 0 Å². The summed E-state index contributed by atoms with van der Waals surface area (Å²) in [6, 6.07) is 0. The highest BCUT2D eigenvalue weighted by Crippen LogP contribution is 2.43. The first-order valence-corrected chi connectivity index (χ1v) is 23.5. The molecule has 0 spiro atoms. The summed E-state index contributed by atoms with van der Waals surface area (Å²) in [4.78, 5) is 35.3. The average Bonchev–Trinajstić information content (AvgIpc) is 3.15. The summed E-state index contributed by atoms with van der Waals surface area (Å²) < 4.78 is 34.2.